The molecular formula is C53H33N7. The molecule has 7 heteroatoms. The molecule has 0 amide bonds. The highest BCUT2D eigenvalue weighted by atomic mass is 15.1. The van der Waals surface area contributed by atoms with Crippen LogP contribution in [0.4, 0.5) is 0 Å². The van der Waals surface area contributed by atoms with Crippen LogP contribution in [0.2, 0.25) is 0 Å². The first-order valence-electron chi connectivity index (χ1n) is 19.8. The van der Waals surface area contributed by atoms with Crippen molar-refractivity contribution in [3.05, 3.63) is 200 Å². The van der Waals surface area contributed by atoms with Gasteiger partial charge in [-0.2, -0.15) is 0 Å². The van der Waals surface area contributed by atoms with Crippen LogP contribution in [-0.2, 0) is 0 Å². The van der Waals surface area contributed by atoms with Gasteiger partial charge in [-0.25, -0.2) is 34.9 Å². The van der Waals surface area contributed by atoms with Crippen LogP contribution in [-0.4, -0.2) is 34.9 Å². The number of aromatic nitrogens is 7. The quantitative estimate of drug-likeness (QED) is 0.159. The predicted molar refractivity (Wildman–Crippen MR) is 242 cm³/mol. The largest absolute Gasteiger partial charge is 0.228 e. The summed E-state index contributed by atoms with van der Waals surface area (Å²) in [6.45, 7) is 0. The summed E-state index contributed by atoms with van der Waals surface area (Å²) in [5.41, 5.74) is 8.61. The molecule has 0 unspecified atom stereocenters. The molecule has 0 saturated heterocycles. The Balaban J connectivity index is 1.06. The van der Waals surface area contributed by atoms with Gasteiger partial charge < -0.3 is 0 Å². The lowest BCUT2D eigenvalue weighted by Gasteiger charge is -2.12. The third-order valence-corrected chi connectivity index (χ3v) is 10.7. The lowest BCUT2D eigenvalue weighted by atomic mass is 10.0. The minimum absolute atomic E-state index is 0.448. The van der Waals surface area contributed by atoms with Gasteiger partial charge in [0.15, 0.2) is 29.1 Å². The van der Waals surface area contributed by atoms with Gasteiger partial charge in [0, 0.05) is 38.8 Å². The Hall–Kier alpha value is -8.29. The highest BCUT2D eigenvalue weighted by Crippen LogP contribution is 2.34. The van der Waals surface area contributed by atoms with Crippen molar-refractivity contribution in [1.82, 2.24) is 34.9 Å². The number of fused-ring (bicyclic) bond motifs is 3. The van der Waals surface area contributed by atoms with Gasteiger partial charge in [0.05, 0.1) is 16.9 Å². The van der Waals surface area contributed by atoms with Gasteiger partial charge in [-0.05, 0) is 45.8 Å². The molecule has 3 heterocycles. The molecule has 0 aliphatic heterocycles. The fraction of sp³-hybridized carbons (Fsp3) is 0. The lowest BCUT2D eigenvalue weighted by molar-refractivity contribution is 1.05. The second kappa shape index (κ2) is 14.9. The maximum atomic E-state index is 5.18. The molecule has 0 atom stereocenters. The van der Waals surface area contributed by atoms with Crippen LogP contribution in [0.5, 0.6) is 0 Å². The molecule has 0 spiro atoms. The fourth-order valence-corrected chi connectivity index (χ4v) is 7.64. The number of hydrogen-bond acceptors (Lipinski definition) is 7. The fourth-order valence-electron chi connectivity index (χ4n) is 7.64. The number of para-hydroxylation sites is 1. The highest BCUT2D eigenvalue weighted by molar-refractivity contribution is 5.94. The Labute approximate surface area is 345 Å². The first-order valence-corrected chi connectivity index (χ1v) is 19.8. The van der Waals surface area contributed by atoms with Gasteiger partial charge in [0.2, 0.25) is 0 Å². The molecule has 0 aliphatic carbocycles. The molecule has 60 heavy (non-hydrogen) atoms. The standard InChI is InChI=1S/C53H33N7/c1-3-15-37(16-4-1)49-54-45-22-12-11-21-44(45)48(57-49)36-25-27-39(28-26-36)51-58-50(38-17-5-2-6-18-38)59-53(60-51)47-33-46(42-29-23-34-13-7-9-19-40(34)31-42)55-52(56-47)43-30-24-35-14-8-10-20-41(35)32-43/h1-33H. The van der Waals surface area contributed by atoms with Gasteiger partial charge in [0.1, 0.15) is 5.69 Å². The molecule has 0 N–H and O–H groups in total. The molecule has 7 nitrogen and oxygen atoms in total. The highest BCUT2D eigenvalue weighted by Gasteiger charge is 2.18. The zero-order chi connectivity index (χ0) is 39.8. The van der Waals surface area contributed by atoms with Crippen molar-refractivity contribution in [2.24, 2.45) is 0 Å². The third-order valence-electron chi connectivity index (χ3n) is 10.7. The SMILES string of the molecule is c1ccc(-c2nc(-c3ccc(-c4nc(-c5ccccc5)nc5ccccc45)cc3)nc(-c3cc(-c4ccc5ccccc5c4)nc(-c4ccc5ccccc5c4)n3)n2)cc1. The first-order chi connectivity index (χ1) is 29.7. The Morgan fingerprint density at radius 3 is 1.35 bits per heavy atom. The molecule has 11 aromatic rings. The van der Waals surface area contributed by atoms with E-state index < -0.39 is 0 Å². The van der Waals surface area contributed by atoms with Crippen molar-refractivity contribution in [3.8, 4) is 79.6 Å². The van der Waals surface area contributed by atoms with Gasteiger partial charge in [-0.3, -0.25) is 0 Å². The average Bonchev–Trinajstić information content (AvgIpc) is 3.33. The smallest absolute Gasteiger partial charge is 0.182 e. The molecular weight excluding hydrogens is 735 g/mol. The van der Waals surface area contributed by atoms with Gasteiger partial charge >= 0.3 is 0 Å². The summed E-state index contributed by atoms with van der Waals surface area (Å²) < 4.78 is 0. The summed E-state index contributed by atoms with van der Waals surface area (Å²) in [6, 6.07) is 67.8. The molecule has 0 radical (unpaired) electrons. The third kappa shape index (κ3) is 6.70. The Bertz CT molecular complexity index is 3270. The van der Waals surface area contributed by atoms with Crippen LogP contribution in [0.1, 0.15) is 0 Å². The first kappa shape index (κ1) is 34.9. The van der Waals surface area contributed by atoms with Gasteiger partial charge in [-0.1, -0.05) is 176 Å². The van der Waals surface area contributed by atoms with E-state index in [0.717, 1.165) is 77.2 Å². The van der Waals surface area contributed by atoms with E-state index in [4.69, 9.17) is 34.9 Å². The number of hydrogen-bond donors (Lipinski definition) is 0. The molecule has 3 aromatic heterocycles. The van der Waals surface area contributed by atoms with E-state index in [1.807, 2.05) is 109 Å². The molecule has 0 aliphatic rings. The molecule has 8 aromatic carbocycles. The number of nitrogens with zero attached hydrogens (tertiary/aromatic N) is 7. The Morgan fingerprint density at radius 1 is 0.233 bits per heavy atom. The van der Waals surface area contributed by atoms with E-state index in [0.29, 0.717) is 34.8 Å². The minimum Gasteiger partial charge on any atom is -0.228 e. The predicted octanol–water partition coefficient (Wildman–Crippen LogP) is 12.6. The van der Waals surface area contributed by atoms with E-state index in [-0.39, 0.29) is 0 Å². The molecule has 0 saturated carbocycles. The van der Waals surface area contributed by atoms with E-state index in [9.17, 15) is 0 Å². The van der Waals surface area contributed by atoms with Gasteiger partial charge in [-0.15, -0.1) is 0 Å². The summed E-state index contributed by atoms with van der Waals surface area (Å²) in [5.74, 6) is 2.79. The number of rotatable bonds is 7. The van der Waals surface area contributed by atoms with E-state index >= 15 is 0 Å². The van der Waals surface area contributed by atoms with Crippen LogP contribution < -0.4 is 0 Å². The van der Waals surface area contributed by atoms with Crippen LogP contribution in [0.15, 0.2) is 200 Å². The maximum absolute atomic E-state index is 5.18. The van der Waals surface area contributed by atoms with Crippen molar-refractivity contribution in [2.45, 2.75) is 0 Å². The zero-order valence-electron chi connectivity index (χ0n) is 32.2. The topological polar surface area (TPSA) is 90.2 Å². The van der Waals surface area contributed by atoms with E-state index in [1.165, 1.54) is 0 Å². The van der Waals surface area contributed by atoms with E-state index in [2.05, 4.69) is 91.0 Å². The van der Waals surface area contributed by atoms with Crippen molar-refractivity contribution in [3.63, 3.8) is 0 Å². The summed E-state index contributed by atoms with van der Waals surface area (Å²) in [4.78, 5) is 35.6. The minimum atomic E-state index is 0.448. The second-order valence-corrected chi connectivity index (χ2v) is 14.6. The van der Waals surface area contributed by atoms with E-state index in [1.54, 1.807) is 0 Å². The summed E-state index contributed by atoms with van der Waals surface area (Å²) in [6.07, 6.45) is 0. The van der Waals surface area contributed by atoms with Gasteiger partial charge in [0.25, 0.3) is 0 Å². The average molecular weight is 768 g/mol. The maximum Gasteiger partial charge on any atom is 0.182 e. The summed E-state index contributed by atoms with van der Waals surface area (Å²) >= 11 is 0. The molecule has 0 fully saturated rings. The zero-order valence-corrected chi connectivity index (χ0v) is 32.2. The Kier molecular flexibility index (Phi) is 8.67. The van der Waals surface area contributed by atoms with Crippen molar-refractivity contribution < 1.29 is 0 Å². The van der Waals surface area contributed by atoms with Crippen LogP contribution >= 0.6 is 0 Å². The Morgan fingerprint density at radius 2 is 0.683 bits per heavy atom. The number of benzene rings is 8. The lowest BCUT2D eigenvalue weighted by Crippen LogP contribution is -2.03. The monoisotopic (exact) mass is 767 g/mol. The van der Waals surface area contributed by atoms with Crippen LogP contribution in [0.25, 0.3) is 112 Å². The van der Waals surface area contributed by atoms with Crippen LogP contribution in [0, 0.1) is 0 Å². The van der Waals surface area contributed by atoms with Crippen molar-refractivity contribution >= 4 is 32.4 Å². The molecule has 0 bridgehead atoms. The summed E-state index contributed by atoms with van der Waals surface area (Å²) in [5, 5.41) is 5.53. The normalized spacial score (nSPS) is 11.3. The van der Waals surface area contributed by atoms with Crippen LogP contribution in [0.3, 0.4) is 0 Å². The second-order valence-electron chi connectivity index (χ2n) is 14.6. The van der Waals surface area contributed by atoms with Crippen molar-refractivity contribution in [1.29, 1.82) is 0 Å². The summed E-state index contributed by atoms with van der Waals surface area (Å²) in [7, 11) is 0. The molecule has 280 valence electrons. The van der Waals surface area contributed by atoms with Crippen molar-refractivity contribution in [2.75, 3.05) is 0 Å². The molecule has 11 rings (SSSR count).